The second kappa shape index (κ2) is 8.53. The number of halogens is 1. The van der Waals surface area contributed by atoms with Gasteiger partial charge in [0.1, 0.15) is 5.75 Å². The van der Waals surface area contributed by atoms with Crippen LogP contribution in [-0.4, -0.2) is 13.2 Å². The van der Waals surface area contributed by atoms with Crippen molar-refractivity contribution in [3.8, 4) is 5.75 Å². The molecule has 2 N–H and O–H groups in total. The van der Waals surface area contributed by atoms with Crippen molar-refractivity contribution in [2.75, 3.05) is 13.2 Å². The van der Waals surface area contributed by atoms with Gasteiger partial charge in [-0.3, -0.25) is 0 Å². The second-order valence-corrected chi connectivity index (χ2v) is 5.77. The van der Waals surface area contributed by atoms with Crippen LogP contribution in [0.25, 0.3) is 0 Å². The highest BCUT2D eigenvalue weighted by Crippen LogP contribution is 2.40. The van der Waals surface area contributed by atoms with Crippen molar-refractivity contribution in [1.29, 1.82) is 0 Å². The van der Waals surface area contributed by atoms with Crippen LogP contribution in [-0.2, 0) is 0 Å². The van der Waals surface area contributed by atoms with E-state index in [4.69, 9.17) is 22.1 Å². The third kappa shape index (κ3) is 4.13. The maximum atomic E-state index is 6.45. The molecule has 1 aromatic rings. The van der Waals surface area contributed by atoms with E-state index in [1.807, 2.05) is 13.8 Å². The van der Waals surface area contributed by atoms with Crippen molar-refractivity contribution in [3.63, 3.8) is 0 Å². The van der Waals surface area contributed by atoms with Gasteiger partial charge in [-0.1, -0.05) is 24.9 Å². The van der Waals surface area contributed by atoms with Crippen molar-refractivity contribution in [1.82, 2.24) is 0 Å². The van der Waals surface area contributed by atoms with Crippen molar-refractivity contribution in [3.05, 3.63) is 27.8 Å². The molecule has 3 heteroatoms. The van der Waals surface area contributed by atoms with Crippen molar-refractivity contribution < 1.29 is 4.74 Å². The summed E-state index contributed by atoms with van der Waals surface area (Å²) in [5.74, 6) is 1.49. The van der Waals surface area contributed by atoms with E-state index in [0.717, 1.165) is 48.6 Å². The summed E-state index contributed by atoms with van der Waals surface area (Å²) >= 11 is 6.45. The van der Waals surface area contributed by atoms with Crippen molar-refractivity contribution in [2.24, 2.45) is 5.73 Å². The summed E-state index contributed by atoms with van der Waals surface area (Å²) in [6.45, 7) is 9.82. The van der Waals surface area contributed by atoms with Crippen LogP contribution in [0.4, 0.5) is 0 Å². The molecule has 1 atom stereocenters. The highest BCUT2D eigenvalue weighted by Gasteiger charge is 2.21. The molecule has 0 spiro atoms. The number of benzene rings is 1. The average Bonchev–Trinajstić information content (AvgIpc) is 2.42. The van der Waals surface area contributed by atoms with Gasteiger partial charge in [-0.2, -0.15) is 0 Å². The fraction of sp³-hybridized carbons (Fsp3) is 0.647. The molecule has 114 valence electrons. The summed E-state index contributed by atoms with van der Waals surface area (Å²) < 4.78 is 5.87. The minimum absolute atomic E-state index is 0.489. The monoisotopic (exact) mass is 297 g/mol. The molecule has 0 aliphatic rings. The Kier molecular flexibility index (Phi) is 7.39. The molecule has 0 amide bonds. The Hall–Kier alpha value is -0.730. The summed E-state index contributed by atoms with van der Waals surface area (Å²) in [4.78, 5) is 0. The predicted molar refractivity (Wildman–Crippen MR) is 88.0 cm³/mol. The van der Waals surface area contributed by atoms with Gasteiger partial charge in [0.05, 0.1) is 6.61 Å². The van der Waals surface area contributed by atoms with Crippen LogP contribution in [0, 0.1) is 13.8 Å². The molecular weight excluding hydrogens is 270 g/mol. The smallest absolute Gasteiger partial charge is 0.123 e. The SMILES string of the molecule is CCCC(CCCN)c1c(OCC)cc(C)c(Cl)c1C. The maximum absolute atomic E-state index is 6.45. The number of rotatable bonds is 8. The summed E-state index contributed by atoms with van der Waals surface area (Å²) in [6.07, 6.45) is 4.46. The van der Waals surface area contributed by atoms with Crippen LogP contribution >= 0.6 is 11.6 Å². The van der Waals surface area contributed by atoms with Gasteiger partial charge in [0.2, 0.25) is 0 Å². The Balaban J connectivity index is 3.25. The Labute approximate surface area is 128 Å². The number of ether oxygens (including phenoxy) is 1. The standard InChI is InChI=1S/C17H28ClNO/c1-5-8-14(9-7-10-19)16-13(4)17(18)12(3)11-15(16)20-6-2/h11,14H,5-10,19H2,1-4H3. The van der Waals surface area contributed by atoms with Gasteiger partial charge in [-0.15, -0.1) is 0 Å². The van der Waals surface area contributed by atoms with Crippen molar-refractivity contribution >= 4 is 11.6 Å². The van der Waals surface area contributed by atoms with Crippen LogP contribution in [0.5, 0.6) is 5.75 Å². The van der Waals surface area contributed by atoms with Crippen LogP contribution in [0.15, 0.2) is 6.07 Å². The largest absolute Gasteiger partial charge is 0.494 e. The summed E-state index contributed by atoms with van der Waals surface area (Å²) in [7, 11) is 0. The van der Waals surface area contributed by atoms with E-state index in [2.05, 4.69) is 19.9 Å². The Morgan fingerprint density at radius 2 is 1.95 bits per heavy atom. The van der Waals surface area contributed by atoms with Gasteiger partial charge in [-0.25, -0.2) is 0 Å². The van der Waals surface area contributed by atoms with E-state index in [1.54, 1.807) is 0 Å². The normalized spacial score (nSPS) is 12.5. The van der Waals surface area contributed by atoms with Gasteiger partial charge < -0.3 is 10.5 Å². The van der Waals surface area contributed by atoms with E-state index in [0.29, 0.717) is 12.5 Å². The topological polar surface area (TPSA) is 35.2 Å². The lowest BCUT2D eigenvalue weighted by Crippen LogP contribution is -2.09. The zero-order chi connectivity index (χ0) is 15.1. The minimum atomic E-state index is 0.489. The lowest BCUT2D eigenvalue weighted by atomic mass is 9.86. The van der Waals surface area contributed by atoms with E-state index < -0.39 is 0 Å². The summed E-state index contributed by atoms with van der Waals surface area (Å²) in [5, 5.41) is 0.873. The molecule has 2 nitrogen and oxygen atoms in total. The third-order valence-corrected chi connectivity index (χ3v) is 4.38. The molecule has 0 aliphatic heterocycles. The molecule has 0 aliphatic carbocycles. The molecule has 1 unspecified atom stereocenters. The number of aryl methyl sites for hydroxylation is 1. The highest BCUT2D eigenvalue weighted by atomic mass is 35.5. The van der Waals surface area contributed by atoms with E-state index in [9.17, 15) is 0 Å². The molecule has 0 saturated carbocycles. The van der Waals surface area contributed by atoms with Gasteiger partial charge in [0.25, 0.3) is 0 Å². The fourth-order valence-electron chi connectivity index (χ4n) is 2.86. The van der Waals surface area contributed by atoms with E-state index in [1.165, 1.54) is 11.1 Å². The van der Waals surface area contributed by atoms with E-state index in [-0.39, 0.29) is 0 Å². The fourth-order valence-corrected chi connectivity index (χ4v) is 3.02. The average molecular weight is 298 g/mol. The minimum Gasteiger partial charge on any atom is -0.494 e. The van der Waals surface area contributed by atoms with Crippen LogP contribution in [0.1, 0.15) is 62.1 Å². The molecule has 0 saturated heterocycles. The molecule has 1 aromatic carbocycles. The molecular formula is C17H28ClNO. The van der Waals surface area contributed by atoms with Crippen LogP contribution < -0.4 is 10.5 Å². The van der Waals surface area contributed by atoms with Gasteiger partial charge in [0, 0.05) is 10.6 Å². The first kappa shape index (κ1) is 17.3. The van der Waals surface area contributed by atoms with E-state index >= 15 is 0 Å². The van der Waals surface area contributed by atoms with Crippen LogP contribution in [0.3, 0.4) is 0 Å². The van der Waals surface area contributed by atoms with Crippen LogP contribution in [0.2, 0.25) is 5.02 Å². The molecule has 20 heavy (non-hydrogen) atoms. The second-order valence-electron chi connectivity index (χ2n) is 5.39. The van der Waals surface area contributed by atoms with Crippen molar-refractivity contribution in [2.45, 2.75) is 59.3 Å². The lowest BCUT2D eigenvalue weighted by molar-refractivity contribution is 0.331. The summed E-state index contributed by atoms with van der Waals surface area (Å²) in [5.41, 5.74) is 9.23. The first-order valence-electron chi connectivity index (χ1n) is 7.69. The quantitative estimate of drug-likeness (QED) is 0.734. The molecule has 0 fully saturated rings. The zero-order valence-electron chi connectivity index (χ0n) is 13.3. The summed E-state index contributed by atoms with van der Waals surface area (Å²) in [6, 6.07) is 2.08. The Morgan fingerprint density at radius 1 is 1.25 bits per heavy atom. The first-order chi connectivity index (χ1) is 9.56. The van der Waals surface area contributed by atoms with Gasteiger partial charge >= 0.3 is 0 Å². The molecule has 0 heterocycles. The molecule has 1 rings (SSSR count). The Bertz CT molecular complexity index is 431. The predicted octanol–water partition coefficient (Wildman–Crippen LogP) is 4.98. The molecule has 0 bridgehead atoms. The molecule has 0 aromatic heterocycles. The zero-order valence-corrected chi connectivity index (χ0v) is 14.0. The molecule has 0 radical (unpaired) electrons. The maximum Gasteiger partial charge on any atom is 0.123 e. The number of hydrogen-bond acceptors (Lipinski definition) is 2. The number of nitrogens with two attached hydrogens (primary N) is 1. The first-order valence-corrected chi connectivity index (χ1v) is 8.06. The van der Waals surface area contributed by atoms with Gasteiger partial charge in [0.15, 0.2) is 0 Å². The third-order valence-electron chi connectivity index (χ3n) is 3.79. The lowest BCUT2D eigenvalue weighted by Gasteiger charge is -2.24. The number of hydrogen-bond donors (Lipinski definition) is 1. The highest BCUT2D eigenvalue weighted by molar-refractivity contribution is 6.32. The Morgan fingerprint density at radius 3 is 2.50 bits per heavy atom. The van der Waals surface area contributed by atoms with Gasteiger partial charge in [-0.05, 0) is 69.7 Å².